The van der Waals surface area contributed by atoms with Gasteiger partial charge in [0.05, 0.1) is 5.76 Å². The first-order chi connectivity index (χ1) is 11.8. The van der Waals surface area contributed by atoms with E-state index in [0.29, 0.717) is 6.61 Å². The van der Waals surface area contributed by atoms with Crippen molar-refractivity contribution in [2.75, 3.05) is 19.7 Å². The van der Waals surface area contributed by atoms with Crippen LogP contribution in [0, 0.1) is 0 Å². The molecule has 0 spiro atoms. The van der Waals surface area contributed by atoms with Crippen LogP contribution in [-0.2, 0) is 4.74 Å². The highest BCUT2D eigenvalue weighted by Crippen LogP contribution is 2.29. The van der Waals surface area contributed by atoms with Crippen molar-refractivity contribution < 1.29 is 4.74 Å². The standard InChI is InChI=1S/C22H27NO/c1-2-17-24-22-14-10-20(11-15-22)18-23(21-12-13-21)16-6-9-19-7-4-3-5-8-19/h2-10,14,21H,1,11-13,15-18H2/b9-6+. The van der Waals surface area contributed by atoms with E-state index in [1.807, 2.05) is 0 Å². The maximum Gasteiger partial charge on any atom is 0.106 e. The molecule has 0 saturated heterocycles. The Hall–Kier alpha value is -2.06. The van der Waals surface area contributed by atoms with E-state index in [1.165, 1.54) is 24.0 Å². The molecule has 2 heteroatoms. The van der Waals surface area contributed by atoms with Crippen LogP contribution in [0.1, 0.15) is 31.2 Å². The van der Waals surface area contributed by atoms with Crippen molar-refractivity contribution in [2.24, 2.45) is 0 Å². The summed E-state index contributed by atoms with van der Waals surface area (Å²) in [4.78, 5) is 2.61. The molecule has 3 rings (SSSR count). The van der Waals surface area contributed by atoms with Gasteiger partial charge in [-0.25, -0.2) is 0 Å². The molecule has 0 radical (unpaired) electrons. The van der Waals surface area contributed by atoms with E-state index in [4.69, 9.17) is 4.74 Å². The predicted octanol–water partition coefficient (Wildman–Crippen LogP) is 4.97. The van der Waals surface area contributed by atoms with Crippen molar-refractivity contribution in [1.29, 1.82) is 0 Å². The van der Waals surface area contributed by atoms with Crippen molar-refractivity contribution in [1.82, 2.24) is 4.90 Å². The molecule has 2 aliphatic carbocycles. The summed E-state index contributed by atoms with van der Waals surface area (Å²) in [5.74, 6) is 1.08. The maximum atomic E-state index is 5.63. The van der Waals surface area contributed by atoms with Gasteiger partial charge in [0, 0.05) is 25.6 Å². The summed E-state index contributed by atoms with van der Waals surface area (Å²) >= 11 is 0. The Morgan fingerprint density at radius 2 is 1.96 bits per heavy atom. The highest BCUT2D eigenvalue weighted by Gasteiger charge is 2.28. The maximum absolute atomic E-state index is 5.63. The second-order valence-electron chi connectivity index (χ2n) is 6.53. The van der Waals surface area contributed by atoms with E-state index in [-0.39, 0.29) is 0 Å². The number of nitrogens with zero attached hydrogens (tertiary/aromatic N) is 1. The number of hydrogen-bond acceptors (Lipinski definition) is 2. The second kappa shape index (κ2) is 8.70. The Labute approximate surface area is 145 Å². The molecule has 1 saturated carbocycles. The topological polar surface area (TPSA) is 12.5 Å². The summed E-state index contributed by atoms with van der Waals surface area (Å²) in [7, 11) is 0. The summed E-state index contributed by atoms with van der Waals surface area (Å²) in [5, 5.41) is 0. The van der Waals surface area contributed by atoms with Gasteiger partial charge in [-0.05, 0) is 30.9 Å². The minimum atomic E-state index is 0.605. The summed E-state index contributed by atoms with van der Waals surface area (Å²) in [6.45, 7) is 6.41. The fraction of sp³-hybridized carbons (Fsp3) is 0.364. The third kappa shape index (κ3) is 5.24. The van der Waals surface area contributed by atoms with E-state index in [2.05, 4.69) is 66.1 Å². The van der Waals surface area contributed by atoms with Crippen molar-refractivity contribution in [3.63, 3.8) is 0 Å². The van der Waals surface area contributed by atoms with Crippen molar-refractivity contribution >= 4 is 6.08 Å². The summed E-state index contributed by atoms with van der Waals surface area (Å²) in [5.41, 5.74) is 2.79. The third-order valence-corrected chi connectivity index (χ3v) is 4.50. The smallest absolute Gasteiger partial charge is 0.106 e. The van der Waals surface area contributed by atoms with E-state index >= 15 is 0 Å². The summed E-state index contributed by atoms with van der Waals surface area (Å²) in [6, 6.07) is 11.3. The molecule has 0 aromatic heterocycles. The number of benzene rings is 1. The third-order valence-electron chi connectivity index (χ3n) is 4.50. The first kappa shape index (κ1) is 16.8. The first-order valence-corrected chi connectivity index (χ1v) is 8.93. The largest absolute Gasteiger partial charge is 0.494 e. The van der Waals surface area contributed by atoms with Gasteiger partial charge < -0.3 is 4.74 Å². The lowest BCUT2D eigenvalue weighted by Crippen LogP contribution is -2.28. The number of hydrogen-bond donors (Lipinski definition) is 0. The average molecular weight is 321 g/mol. The number of ether oxygens (including phenoxy) is 1. The molecule has 24 heavy (non-hydrogen) atoms. The van der Waals surface area contributed by atoms with Crippen molar-refractivity contribution in [3.05, 3.63) is 78.1 Å². The number of allylic oxidation sites excluding steroid dienone is 3. The van der Waals surface area contributed by atoms with E-state index < -0.39 is 0 Å². The highest BCUT2D eigenvalue weighted by atomic mass is 16.5. The van der Waals surface area contributed by atoms with Crippen LogP contribution in [0.25, 0.3) is 6.08 Å². The van der Waals surface area contributed by atoms with Gasteiger partial charge in [0.25, 0.3) is 0 Å². The van der Waals surface area contributed by atoms with Crippen LogP contribution in [0.3, 0.4) is 0 Å². The first-order valence-electron chi connectivity index (χ1n) is 8.93. The Morgan fingerprint density at radius 1 is 1.12 bits per heavy atom. The summed E-state index contributed by atoms with van der Waals surface area (Å²) < 4.78 is 5.63. The lowest BCUT2D eigenvalue weighted by molar-refractivity contribution is 0.233. The molecule has 0 unspecified atom stereocenters. The molecule has 2 aliphatic rings. The summed E-state index contributed by atoms with van der Waals surface area (Å²) in [6.07, 6.45) is 15.5. The lowest BCUT2D eigenvalue weighted by Gasteiger charge is -2.24. The van der Waals surface area contributed by atoms with E-state index in [9.17, 15) is 0 Å². The molecule has 1 aromatic rings. The fourth-order valence-corrected chi connectivity index (χ4v) is 3.01. The van der Waals surface area contributed by atoms with Crippen LogP contribution in [-0.4, -0.2) is 30.6 Å². The van der Waals surface area contributed by atoms with Crippen molar-refractivity contribution in [3.8, 4) is 0 Å². The van der Waals surface area contributed by atoms with Gasteiger partial charge in [-0.1, -0.05) is 66.8 Å². The molecular formula is C22H27NO. The van der Waals surface area contributed by atoms with Gasteiger partial charge in [0.1, 0.15) is 6.61 Å². The predicted molar refractivity (Wildman–Crippen MR) is 102 cm³/mol. The van der Waals surface area contributed by atoms with Gasteiger partial charge in [-0.15, -0.1) is 0 Å². The quantitative estimate of drug-likeness (QED) is 0.595. The number of rotatable bonds is 9. The van der Waals surface area contributed by atoms with Crippen LogP contribution in [0.2, 0.25) is 0 Å². The zero-order valence-corrected chi connectivity index (χ0v) is 14.4. The molecule has 0 aliphatic heterocycles. The second-order valence-corrected chi connectivity index (χ2v) is 6.53. The molecule has 0 bridgehead atoms. The molecular weight excluding hydrogens is 294 g/mol. The van der Waals surface area contributed by atoms with Crippen LogP contribution in [0.15, 0.2) is 72.5 Å². The molecule has 126 valence electrons. The molecule has 1 fully saturated rings. The monoisotopic (exact) mass is 321 g/mol. The molecule has 0 N–H and O–H groups in total. The highest BCUT2D eigenvalue weighted by molar-refractivity contribution is 5.48. The zero-order chi connectivity index (χ0) is 16.6. The Bertz CT molecular complexity index is 623. The zero-order valence-electron chi connectivity index (χ0n) is 14.4. The van der Waals surface area contributed by atoms with Gasteiger partial charge in [-0.2, -0.15) is 0 Å². The van der Waals surface area contributed by atoms with Crippen LogP contribution >= 0.6 is 0 Å². The average Bonchev–Trinajstić information content (AvgIpc) is 3.46. The van der Waals surface area contributed by atoms with E-state index in [1.54, 1.807) is 6.08 Å². The Balaban J connectivity index is 1.53. The molecule has 0 heterocycles. The van der Waals surface area contributed by atoms with E-state index in [0.717, 1.165) is 37.7 Å². The SMILES string of the molecule is C=CCOC1=CC=C(CN(C/C=C/c2ccccc2)C2CC2)CC1. The molecule has 0 atom stereocenters. The molecule has 0 amide bonds. The van der Waals surface area contributed by atoms with Gasteiger partial charge in [-0.3, -0.25) is 4.90 Å². The van der Waals surface area contributed by atoms with Crippen LogP contribution < -0.4 is 0 Å². The Morgan fingerprint density at radius 3 is 2.62 bits per heavy atom. The van der Waals surface area contributed by atoms with Gasteiger partial charge in [0.2, 0.25) is 0 Å². The lowest BCUT2D eigenvalue weighted by atomic mass is 10.0. The Kier molecular flexibility index (Phi) is 6.08. The molecule has 1 aromatic carbocycles. The van der Waals surface area contributed by atoms with Crippen LogP contribution in [0.5, 0.6) is 0 Å². The van der Waals surface area contributed by atoms with Gasteiger partial charge >= 0.3 is 0 Å². The molecule has 2 nitrogen and oxygen atoms in total. The van der Waals surface area contributed by atoms with Crippen LogP contribution in [0.4, 0.5) is 0 Å². The van der Waals surface area contributed by atoms with Gasteiger partial charge in [0.15, 0.2) is 0 Å². The van der Waals surface area contributed by atoms with Crippen molar-refractivity contribution in [2.45, 2.75) is 31.7 Å². The normalized spacial score (nSPS) is 17.7. The fourth-order valence-electron chi connectivity index (χ4n) is 3.01. The minimum absolute atomic E-state index is 0.605. The minimum Gasteiger partial charge on any atom is -0.494 e.